The van der Waals surface area contributed by atoms with Crippen LogP contribution in [0.5, 0.6) is 5.75 Å². The number of aromatic nitrogens is 4. The zero-order chi connectivity index (χ0) is 30.9. The smallest absolute Gasteiger partial charge is 0.197 e. The standard InChI is InChI=1S/C33H36N5O5P/c1-22-27(19-42-44(3,4)40)43-32(29(22)39)38-21-36-28-30(34-20-35-31(28)38)37-33(23-11-7-5-8-12-23,24-13-9-6-10-14-24)25-15-17-26(41-2)18-16-25/h5-18,20-22,27,29,32,39H,19H2,1-4H3,(H,34,35,37)/t22?,27-,29?,32-/m1/s1. The molecule has 6 rings (SSSR count). The van der Waals surface area contributed by atoms with E-state index in [0.29, 0.717) is 17.0 Å². The lowest BCUT2D eigenvalue weighted by molar-refractivity contribution is -0.0457. The lowest BCUT2D eigenvalue weighted by Gasteiger charge is -2.37. The molecule has 0 amide bonds. The molecular formula is C33H36N5O5P. The highest BCUT2D eigenvalue weighted by Gasteiger charge is 2.43. The first-order valence-corrected chi connectivity index (χ1v) is 17.0. The van der Waals surface area contributed by atoms with Crippen LogP contribution in [-0.2, 0) is 19.4 Å². The highest BCUT2D eigenvalue weighted by molar-refractivity contribution is 7.57. The van der Waals surface area contributed by atoms with Crippen LogP contribution in [0.25, 0.3) is 11.2 Å². The maximum Gasteiger partial charge on any atom is 0.197 e. The van der Waals surface area contributed by atoms with E-state index >= 15 is 0 Å². The summed E-state index contributed by atoms with van der Waals surface area (Å²) in [7, 11) is -1.06. The average molecular weight is 614 g/mol. The second-order valence-electron chi connectivity index (χ2n) is 11.3. The van der Waals surface area contributed by atoms with Gasteiger partial charge < -0.3 is 24.4 Å². The van der Waals surface area contributed by atoms with Gasteiger partial charge in [-0.25, -0.2) is 15.0 Å². The van der Waals surface area contributed by atoms with Crippen molar-refractivity contribution in [1.82, 2.24) is 19.5 Å². The first-order valence-electron chi connectivity index (χ1n) is 14.5. The summed E-state index contributed by atoms with van der Waals surface area (Å²) in [6.07, 6.45) is 1.03. The van der Waals surface area contributed by atoms with Crippen LogP contribution in [-0.4, -0.2) is 63.9 Å². The number of nitrogens with zero attached hydrogens (tertiary/aromatic N) is 4. The summed E-state index contributed by atoms with van der Waals surface area (Å²) in [5.74, 6) is 0.999. The molecule has 3 aromatic carbocycles. The Kier molecular flexibility index (Phi) is 8.26. The number of imidazole rings is 1. The number of nitrogens with one attached hydrogen (secondary N) is 1. The molecule has 5 aromatic rings. The summed E-state index contributed by atoms with van der Waals surface area (Å²) in [4.78, 5) is 13.9. The number of fused-ring (bicyclic) bond motifs is 1. The van der Waals surface area contributed by atoms with Gasteiger partial charge in [0.15, 0.2) is 30.6 Å². The summed E-state index contributed by atoms with van der Waals surface area (Å²) in [6.45, 7) is 5.13. The predicted molar refractivity (Wildman–Crippen MR) is 169 cm³/mol. The van der Waals surface area contributed by atoms with Gasteiger partial charge in [-0.1, -0.05) is 79.7 Å². The maximum absolute atomic E-state index is 12.1. The quantitative estimate of drug-likeness (QED) is 0.151. The fraction of sp³-hybridized carbons (Fsp3) is 0.303. The Hall–Kier alpha value is -4.08. The molecule has 0 bridgehead atoms. The van der Waals surface area contributed by atoms with E-state index in [9.17, 15) is 9.67 Å². The van der Waals surface area contributed by atoms with Crippen molar-refractivity contribution in [2.45, 2.75) is 30.9 Å². The van der Waals surface area contributed by atoms with E-state index in [1.807, 2.05) is 67.6 Å². The minimum atomic E-state index is -2.71. The zero-order valence-corrected chi connectivity index (χ0v) is 26.0. The van der Waals surface area contributed by atoms with Crippen LogP contribution < -0.4 is 10.1 Å². The molecule has 0 radical (unpaired) electrons. The van der Waals surface area contributed by atoms with Crippen molar-refractivity contribution in [3.63, 3.8) is 0 Å². The molecule has 2 aromatic heterocycles. The fourth-order valence-electron chi connectivity index (χ4n) is 5.78. The summed E-state index contributed by atoms with van der Waals surface area (Å²) < 4.78 is 31.1. The fourth-order valence-corrected chi connectivity index (χ4v) is 6.28. The lowest BCUT2D eigenvalue weighted by atomic mass is 9.77. The molecule has 0 saturated carbocycles. The van der Waals surface area contributed by atoms with Gasteiger partial charge in [-0.15, -0.1) is 0 Å². The molecule has 0 aliphatic carbocycles. The summed E-state index contributed by atoms with van der Waals surface area (Å²) in [6, 6.07) is 28.3. The Bertz CT molecular complexity index is 1720. The number of aliphatic hydroxyl groups is 1. The van der Waals surface area contributed by atoms with E-state index < -0.39 is 31.3 Å². The van der Waals surface area contributed by atoms with Crippen molar-refractivity contribution < 1.29 is 23.7 Å². The van der Waals surface area contributed by atoms with Crippen molar-refractivity contribution in [3.8, 4) is 5.75 Å². The van der Waals surface area contributed by atoms with Crippen LogP contribution in [0.15, 0.2) is 97.6 Å². The van der Waals surface area contributed by atoms with Gasteiger partial charge >= 0.3 is 0 Å². The molecule has 4 atom stereocenters. The normalized spacial score (nSPS) is 20.6. The van der Waals surface area contributed by atoms with Crippen molar-refractivity contribution in [1.29, 1.82) is 0 Å². The molecule has 44 heavy (non-hydrogen) atoms. The van der Waals surface area contributed by atoms with E-state index in [-0.39, 0.29) is 12.5 Å². The number of rotatable bonds is 10. The van der Waals surface area contributed by atoms with Crippen molar-refractivity contribution in [3.05, 3.63) is 114 Å². The molecule has 228 valence electrons. The van der Waals surface area contributed by atoms with Crippen LogP contribution in [0, 0.1) is 5.92 Å². The lowest BCUT2D eigenvalue weighted by Crippen LogP contribution is -2.38. The average Bonchev–Trinajstić information content (AvgIpc) is 3.60. The van der Waals surface area contributed by atoms with Crippen LogP contribution >= 0.6 is 7.37 Å². The van der Waals surface area contributed by atoms with Crippen LogP contribution in [0.1, 0.15) is 29.8 Å². The Morgan fingerprint density at radius 3 is 2.14 bits per heavy atom. The second-order valence-corrected chi connectivity index (χ2v) is 14.1. The van der Waals surface area contributed by atoms with Gasteiger partial charge in [0.25, 0.3) is 0 Å². The van der Waals surface area contributed by atoms with Crippen LogP contribution in [0.3, 0.4) is 0 Å². The Morgan fingerprint density at radius 2 is 1.55 bits per heavy atom. The second kappa shape index (κ2) is 12.1. The van der Waals surface area contributed by atoms with E-state index in [2.05, 4.69) is 39.6 Å². The summed E-state index contributed by atoms with van der Waals surface area (Å²) >= 11 is 0. The SMILES string of the molecule is COc1ccc(C(Nc2ncnc3c2ncn3[C@@H]2O[C@H](COP(C)(C)=O)C(C)C2O)(c2ccccc2)c2ccccc2)cc1. The van der Waals surface area contributed by atoms with Crippen molar-refractivity contribution in [2.24, 2.45) is 5.92 Å². The molecular weight excluding hydrogens is 577 g/mol. The molecule has 0 spiro atoms. The third-order valence-corrected chi connectivity index (χ3v) is 8.93. The topological polar surface area (TPSA) is 121 Å². The number of hydrogen-bond acceptors (Lipinski definition) is 9. The molecule has 1 fully saturated rings. The number of anilines is 1. The molecule has 1 aliphatic rings. The maximum atomic E-state index is 12.1. The van der Waals surface area contributed by atoms with E-state index in [4.69, 9.17) is 19.0 Å². The molecule has 11 heteroatoms. The van der Waals surface area contributed by atoms with E-state index in [0.717, 1.165) is 22.4 Å². The van der Waals surface area contributed by atoms with Gasteiger partial charge in [0.05, 0.1) is 26.1 Å². The minimum Gasteiger partial charge on any atom is -0.497 e. The number of methoxy groups -OCH3 is 1. The van der Waals surface area contributed by atoms with Crippen LogP contribution in [0.4, 0.5) is 5.82 Å². The Balaban J connectivity index is 1.45. The molecule has 2 unspecified atom stereocenters. The van der Waals surface area contributed by atoms with Crippen LogP contribution in [0.2, 0.25) is 0 Å². The number of aliphatic hydroxyl groups excluding tert-OH is 1. The van der Waals surface area contributed by atoms with Gasteiger partial charge in [-0.05, 0) is 28.8 Å². The van der Waals surface area contributed by atoms with E-state index in [1.54, 1.807) is 31.3 Å². The highest BCUT2D eigenvalue weighted by atomic mass is 31.2. The predicted octanol–water partition coefficient (Wildman–Crippen LogP) is 5.69. The van der Waals surface area contributed by atoms with Gasteiger partial charge in [0.1, 0.15) is 23.7 Å². The Morgan fingerprint density at radius 1 is 0.932 bits per heavy atom. The third-order valence-electron chi connectivity index (χ3n) is 8.16. The van der Waals surface area contributed by atoms with Gasteiger partial charge in [-0.2, -0.15) is 0 Å². The summed E-state index contributed by atoms with van der Waals surface area (Å²) in [5, 5.41) is 14.9. The summed E-state index contributed by atoms with van der Waals surface area (Å²) in [5.41, 5.74) is 3.12. The monoisotopic (exact) mass is 613 g/mol. The first kappa shape index (κ1) is 30.0. The van der Waals surface area contributed by atoms with Gasteiger partial charge in [0.2, 0.25) is 0 Å². The van der Waals surface area contributed by atoms with E-state index in [1.165, 1.54) is 6.33 Å². The molecule has 1 aliphatic heterocycles. The molecule has 3 heterocycles. The number of ether oxygens (including phenoxy) is 2. The van der Waals surface area contributed by atoms with Gasteiger partial charge in [0, 0.05) is 19.2 Å². The largest absolute Gasteiger partial charge is 0.497 e. The number of hydrogen-bond donors (Lipinski definition) is 2. The molecule has 1 saturated heterocycles. The van der Waals surface area contributed by atoms with Crippen molar-refractivity contribution >= 4 is 24.4 Å². The minimum absolute atomic E-state index is 0.117. The molecule has 10 nitrogen and oxygen atoms in total. The first-order chi connectivity index (χ1) is 21.2. The van der Waals surface area contributed by atoms with Gasteiger partial charge in [-0.3, -0.25) is 9.13 Å². The van der Waals surface area contributed by atoms with Crippen molar-refractivity contribution in [2.75, 3.05) is 32.4 Å². The zero-order valence-electron chi connectivity index (χ0n) is 25.1. The third kappa shape index (κ3) is 5.62. The highest BCUT2D eigenvalue weighted by Crippen LogP contribution is 2.43. The number of benzene rings is 3. The molecule has 2 N–H and O–H groups in total. The Labute approximate surface area is 256 Å².